The summed E-state index contributed by atoms with van der Waals surface area (Å²) in [5, 5.41) is 23.1. The number of carboxylic acid groups (broad SMARTS) is 1. The minimum atomic E-state index is -1.34. The van der Waals surface area contributed by atoms with Crippen LogP contribution in [0.2, 0.25) is 0 Å². The molecule has 2 aliphatic heterocycles. The molecule has 3 rings (SSSR count). The van der Waals surface area contributed by atoms with Gasteiger partial charge in [0.25, 0.3) is 0 Å². The van der Waals surface area contributed by atoms with E-state index in [1.807, 2.05) is 6.07 Å². The molecular formula is C13H14N2O4. The first-order valence-corrected chi connectivity index (χ1v) is 6.05. The third-order valence-corrected chi connectivity index (χ3v) is 3.91. The van der Waals surface area contributed by atoms with E-state index in [1.54, 1.807) is 18.2 Å². The number of rotatable bonds is 1. The van der Waals surface area contributed by atoms with Crippen LogP contribution in [0.25, 0.3) is 0 Å². The minimum absolute atomic E-state index is 0.00338. The van der Waals surface area contributed by atoms with Crippen LogP contribution in [0.5, 0.6) is 0 Å². The average Bonchev–Trinajstić information content (AvgIpc) is 2.78. The number of likely N-dealkylation sites (tertiary alicyclic amines) is 1. The number of fused-ring (bicyclic) bond motifs is 3. The van der Waals surface area contributed by atoms with Crippen LogP contribution in [0.15, 0.2) is 24.3 Å². The fourth-order valence-corrected chi connectivity index (χ4v) is 3.10. The predicted octanol–water partition coefficient (Wildman–Crippen LogP) is 0.331. The summed E-state index contributed by atoms with van der Waals surface area (Å²) in [6.07, 6.45) is -0.722. The topological polar surface area (TPSA) is 89.9 Å². The third-order valence-electron chi connectivity index (χ3n) is 3.91. The lowest BCUT2D eigenvalue weighted by molar-refractivity contribution is -0.148. The van der Waals surface area contributed by atoms with E-state index >= 15 is 0 Å². The molecule has 2 heterocycles. The van der Waals surface area contributed by atoms with E-state index in [9.17, 15) is 19.8 Å². The molecule has 0 aromatic heterocycles. The van der Waals surface area contributed by atoms with E-state index in [2.05, 4.69) is 5.32 Å². The van der Waals surface area contributed by atoms with Gasteiger partial charge in [-0.25, -0.2) is 4.79 Å². The number of carbonyl (C=O) groups is 2. The van der Waals surface area contributed by atoms with Crippen molar-refractivity contribution in [2.75, 3.05) is 5.32 Å². The Balaban J connectivity index is 2.09. The second-order valence-electron chi connectivity index (χ2n) is 5.00. The number of aliphatic carboxylic acids is 1. The van der Waals surface area contributed by atoms with Crippen LogP contribution in [0.1, 0.15) is 18.9 Å². The summed E-state index contributed by atoms with van der Waals surface area (Å²) in [6, 6.07) is 6.16. The predicted molar refractivity (Wildman–Crippen MR) is 66.3 cm³/mol. The van der Waals surface area contributed by atoms with Crippen molar-refractivity contribution in [2.45, 2.75) is 31.2 Å². The number of amides is 1. The molecular weight excluding hydrogens is 248 g/mol. The summed E-state index contributed by atoms with van der Waals surface area (Å²) in [7, 11) is 0. The van der Waals surface area contributed by atoms with Gasteiger partial charge in [0.1, 0.15) is 17.8 Å². The minimum Gasteiger partial charge on any atom is -0.480 e. The second-order valence-corrected chi connectivity index (χ2v) is 5.00. The highest BCUT2D eigenvalue weighted by atomic mass is 16.4. The zero-order valence-electron chi connectivity index (χ0n) is 10.3. The van der Waals surface area contributed by atoms with E-state index in [1.165, 1.54) is 11.8 Å². The third kappa shape index (κ3) is 1.46. The SMILES string of the molecule is CC(=O)N1C(C(=O)O)CC2(O)c3ccccc3NC12. The van der Waals surface area contributed by atoms with E-state index in [0.717, 1.165) is 5.69 Å². The maximum atomic E-state index is 11.7. The van der Waals surface area contributed by atoms with E-state index in [-0.39, 0.29) is 12.3 Å². The molecule has 3 N–H and O–H groups in total. The fourth-order valence-electron chi connectivity index (χ4n) is 3.10. The van der Waals surface area contributed by atoms with E-state index in [0.29, 0.717) is 5.56 Å². The highest BCUT2D eigenvalue weighted by Crippen LogP contribution is 2.49. The maximum absolute atomic E-state index is 11.7. The Kier molecular flexibility index (Phi) is 2.34. The lowest BCUT2D eigenvalue weighted by atomic mass is 9.91. The van der Waals surface area contributed by atoms with Crippen LogP contribution in [0, 0.1) is 0 Å². The number of hydrogen-bond acceptors (Lipinski definition) is 4. The normalized spacial score (nSPS) is 31.6. The molecule has 3 unspecified atom stereocenters. The second kappa shape index (κ2) is 3.71. The number of carbonyl (C=O) groups excluding carboxylic acids is 1. The molecule has 19 heavy (non-hydrogen) atoms. The van der Waals surface area contributed by atoms with Crippen LogP contribution in [0.4, 0.5) is 5.69 Å². The average molecular weight is 262 g/mol. The molecule has 1 saturated heterocycles. The summed E-state index contributed by atoms with van der Waals surface area (Å²) in [5.74, 6) is -1.47. The van der Waals surface area contributed by atoms with Crippen LogP contribution < -0.4 is 5.32 Å². The highest BCUT2D eigenvalue weighted by molar-refractivity contribution is 5.85. The van der Waals surface area contributed by atoms with Gasteiger partial charge in [-0.05, 0) is 6.07 Å². The molecule has 0 aliphatic carbocycles. The fraction of sp³-hybridized carbons (Fsp3) is 0.385. The lowest BCUT2D eigenvalue weighted by Crippen LogP contribution is -2.49. The molecule has 2 aliphatic rings. The molecule has 1 amide bonds. The maximum Gasteiger partial charge on any atom is 0.326 e. The summed E-state index contributed by atoms with van der Waals surface area (Å²) in [4.78, 5) is 24.2. The molecule has 100 valence electrons. The van der Waals surface area contributed by atoms with Crippen LogP contribution in [-0.2, 0) is 15.2 Å². The van der Waals surface area contributed by atoms with Crippen molar-refractivity contribution in [3.05, 3.63) is 29.8 Å². The highest BCUT2D eigenvalue weighted by Gasteiger charge is 2.59. The van der Waals surface area contributed by atoms with Crippen molar-refractivity contribution in [2.24, 2.45) is 0 Å². The van der Waals surface area contributed by atoms with Gasteiger partial charge in [-0.2, -0.15) is 0 Å². The standard InChI is InChI=1S/C13H14N2O4/c1-7(16)15-10(11(17)18)6-13(19)8-4-2-3-5-9(8)14-12(13)15/h2-5,10,12,14,19H,6H2,1H3,(H,17,18). The number of aliphatic hydroxyl groups is 1. The zero-order valence-corrected chi connectivity index (χ0v) is 10.3. The van der Waals surface area contributed by atoms with Crippen molar-refractivity contribution >= 4 is 17.6 Å². The Morgan fingerprint density at radius 1 is 1.42 bits per heavy atom. The molecule has 3 atom stereocenters. The number of nitrogens with zero attached hydrogens (tertiary/aromatic N) is 1. The summed E-state index contributed by atoms with van der Waals surface area (Å²) >= 11 is 0. The first-order chi connectivity index (χ1) is 8.95. The molecule has 6 heteroatoms. The van der Waals surface area contributed by atoms with Gasteiger partial charge in [-0.15, -0.1) is 0 Å². The molecule has 0 radical (unpaired) electrons. The molecule has 0 spiro atoms. The number of carboxylic acids is 1. The molecule has 0 bridgehead atoms. The summed E-state index contributed by atoms with van der Waals surface area (Å²) in [6.45, 7) is 1.31. The quantitative estimate of drug-likeness (QED) is 0.678. The van der Waals surface area contributed by atoms with Gasteiger partial charge in [0, 0.05) is 24.6 Å². The molecule has 0 saturated carbocycles. The van der Waals surface area contributed by atoms with Gasteiger partial charge >= 0.3 is 5.97 Å². The Bertz CT molecular complexity index is 574. The first-order valence-electron chi connectivity index (χ1n) is 6.05. The number of benzene rings is 1. The summed E-state index contributed by atoms with van der Waals surface area (Å²) in [5.41, 5.74) is 0.0470. The van der Waals surface area contributed by atoms with Gasteiger partial charge in [0.15, 0.2) is 0 Å². The van der Waals surface area contributed by atoms with Gasteiger partial charge in [0.2, 0.25) is 5.91 Å². The lowest BCUT2D eigenvalue weighted by Gasteiger charge is -2.28. The Labute approximate surface area is 109 Å². The number of para-hydroxylation sites is 1. The molecule has 1 aromatic carbocycles. The zero-order chi connectivity index (χ0) is 13.8. The van der Waals surface area contributed by atoms with E-state index < -0.39 is 23.8 Å². The Morgan fingerprint density at radius 2 is 2.11 bits per heavy atom. The van der Waals surface area contributed by atoms with Crippen molar-refractivity contribution in [3.63, 3.8) is 0 Å². The van der Waals surface area contributed by atoms with Crippen molar-refractivity contribution < 1.29 is 19.8 Å². The number of anilines is 1. The summed E-state index contributed by atoms with van der Waals surface area (Å²) < 4.78 is 0. The van der Waals surface area contributed by atoms with Gasteiger partial charge in [-0.1, -0.05) is 18.2 Å². The van der Waals surface area contributed by atoms with Gasteiger partial charge < -0.3 is 20.4 Å². The Hall–Kier alpha value is -2.08. The van der Waals surface area contributed by atoms with Crippen molar-refractivity contribution in [1.29, 1.82) is 0 Å². The van der Waals surface area contributed by atoms with E-state index in [4.69, 9.17) is 0 Å². The molecule has 1 aromatic rings. The monoisotopic (exact) mass is 262 g/mol. The van der Waals surface area contributed by atoms with Crippen LogP contribution in [-0.4, -0.2) is 39.2 Å². The number of nitrogens with one attached hydrogen (secondary N) is 1. The Morgan fingerprint density at radius 3 is 2.74 bits per heavy atom. The van der Waals surface area contributed by atoms with Crippen LogP contribution >= 0.6 is 0 Å². The van der Waals surface area contributed by atoms with Crippen molar-refractivity contribution in [3.8, 4) is 0 Å². The largest absolute Gasteiger partial charge is 0.480 e. The van der Waals surface area contributed by atoms with Gasteiger partial charge in [-0.3, -0.25) is 4.79 Å². The first kappa shape index (κ1) is 12.0. The van der Waals surface area contributed by atoms with Crippen LogP contribution in [0.3, 0.4) is 0 Å². The number of hydrogen-bond donors (Lipinski definition) is 3. The van der Waals surface area contributed by atoms with Gasteiger partial charge in [0.05, 0.1) is 0 Å². The molecule has 1 fully saturated rings. The molecule has 6 nitrogen and oxygen atoms in total. The smallest absolute Gasteiger partial charge is 0.326 e. The van der Waals surface area contributed by atoms with Crippen molar-refractivity contribution in [1.82, 2.24) is 4.90 Å².